The van der Waals surface area contributed by atoms with Crippen LogP contribution in [0.4, 0.5) is 13.2 Å². The number of halogens is 3. The lowest BCUT2D eigenvalue weighted by Gasteiger charge is -2.30. The minimum atomic E-state index is -4.41. The van der Waals surface area contributed by atoms with Gasteiger partial charge in [-0.1, -0.05) is 6.07 Å². The van der Waals surface area contributed by atoms with E-state index in [0.29, 0.717) is 18.1 Å². The summed E-state index contributed by atoms with van der Waals surface area (Å²) in [5, 5.41) is 7.10. The van der Waals surface area contributed by atoms with E-state index in [1.165, 1.54) is 0 Å². The number of nitrogens with one attached hydrogen (secondary N) is 1. The third-order valence-corrected chi connectivity index (χ3v) is 7.28. The quantitative estimate of drug-likeness (QED) is 0.540. The molecule has 1 fully saturated rings. The van der Waals surface area contributed by atoms with E-state index in [1.807, 2.05) is 6.07 Å². The number of nitrogens with zero attached hydrogens (tertiary/aromatic N) is 4. The first-order valence-electron chi connectivity index (χ1n) is 13.0. The van der Waals surface area contributed by atoms with E-state index in [-0.39, 0.29) is 24.4 Å². The molecule has 4 rings (SSSR count). The smallest absolute Gasteiger partial charge is 0.425 e. The summed E-state index contributed by atoms with van der Waals surface area (Å²) >= 11 is 0. The summed E-state index contributed by atoms with van der Waals surface area (Å²) in [4.78, 5) is 19.0. The van der Waals surface area contributed by atoms with Crippen LogP contribution in [-0.4, -0.2) is 70.1 Å². The molecule has 204 valence electrons. The summed E-state index contributed by atoms with van der Waals surface area (Å²) in [5.41, 5.74) is 1.91. The molecule has 1 N–H and O–H groups in total. The van der Waals surface area contributed by atoms with E-state index < -0.39 is 12.3 Å². The van der Waals surface area contributed by atoms with Crippen molar-refractivity contribution < 1.29 is 27.4 Å². The van der Waals surface area contributed by atoms with Gasteiger partial charge in [0.1, 0.15) is 0 Å². The first-order chi connectivity index (χ1) is 17.7. The Morgan fingerprint density at radius 1 is 1.19 bits per heavy atom. The van der Waals surface area contributed by atoms with E-state index in [4.69, 9.17) is 9.47 Å². The van der Waals surface area contributed by atoms with Crippen molar-refractivity contribution in [3.05, 3.63) is 35.8 Å². The van der Waals surface area contributed by atoms with E-state index >= 15 is 0 Å². The minimum absolute atomic E-state index is 0.00714. The summed E-state index contributed by atoms with van der Waals surface area (Å²) in [7, 11) is 1.80. The third-order valence-electron chi connectivity index (χ3n) is 7.28. The highest BCUT2D eigenvalue weighted by Crippen LogP contribution is 2.28. The molecule has 2 aliphatic rings. The van der Waals surface area contributed by atoms with Crippen LogP contribution in [-0.2, 0) is 24.7 Å². The van der Waals surface area contributed by atoms with Crippen molar-refractivity contribution in [2.75, 3.05) is 26.2 Å². The second kappa shape index (κ2) is 12.1. The fraction of sp³-hybridized carbons (Fsp3) is 0.654. The Morgan fingerprint density at radius 3 is 2.65 bits per heavy atom. The normalized spacial score (nSPS) is 21.5. The zero-order valence-electron chi connectivity index (χ0n) is 21.5. The summed E-state index contributed by atoms with van der Waals surface area (Å²) < 4.78 is 50.6. The molecule has 0 radical (unpaired) electrons. The minimum Gasteiger partial charge on any atom is -0.480 e. The molecule has 0 unspecified atom stereocenters. The number of carbonyl (C=O) groups excluding carboxylic acids is 1. The molecular weight excluding hydrogens is 487 g/mol. The van der Waals surface area contributed by atoms with Gasteiger partial charge >= 0.3 is 6.18 Å². The third kappa shape index (κ3) is 8.08. The van der Waals surface area contributed by atoms with Crippen molar-refractivity contribution in [2.45, 2.75) is 70.2 Å². The highest BCUT2D eigenvalue weighted by Gasteiger charge is 2.38. The van der Waals surface area contributed by atoms with E-state index in [2.05, 4.69) is 20.3 Å². The molecule has 0 bridgehead atoms. The molecule has 2 aromatic rings. The molecule has 0 saturated heterocycles. The van der Waals surface area contributed by atoms with Crippen LogP contribution in [0.15, 0.2) is 24.5 Å². The second-order valence-electron chi connectivity index (χ2n) is 10.1. The maximum Gasteiger partial charge on any atom is 0.425 e. The van der Waals surface area contributed by atoms with E-state index in [1.54, 1.807) is 30.2 Å². The molecule has 3 heterocycles. The Labute approximate surface area is 215 Å². The van der Waals surface area contributed by atoms with Crippen molar-refractivity contribution in [2.24, 2.45) is 13.0 Å². The van der Waals surface area contributed by atoms with E-state index in [0.717, 1.165) is 76.3 Å². The lowest BCUT2D eigenvalue weighted by Crippen LogP contribution is -2.40. The highest BCUT2D eigenvalue weighted by molar-refractivity contribution is 5.77. The monoisotopic (exact) mass is 523 g/mol. The molecule has 2 aromatic heterocycles. The molecule has 1 atom stereocenters. The summed E-state index contributed by atoms with van der Waals surface area (Å²) in [5.74, 6) is 1.14. The summed E-state index contributed by atoms with van der Waals surface area (Å²) in [6.07, 6.45) is 3.76. The Morgan fingerprint density at radius 2 is 1.95 bits per heavy atom. The van der Waals surface area contributed by atoms with Gasteiger partial charge in [0.15, 0.2) is 18.5 Å². The Bertz CT molecular complexity index is 1040. The number of aromatic nitrogens is 3. The zero-order chi connectivity index (χ0) is 26.4. The molecule has 1 aliphatic heterocycles. The molecule has 0 aromatic carbocycles. The van der Waals surface area contributed by atoms with Crippen molar-refractivity contribution in [1.82, 2.24) is 25.0 Å². The molecular formula is C26H36F3N5O3. The number of carbonyl (C=O) groups is 1. The number of hydrogen-bond donors (Lipinski definition) is 1. The van der Waals surface area contributed by atoms with Crippen LogP contribution in [0.5, 0.6) is 11.6 Å². The molecule has 8 nitrogen and oxygen atoms in total. The lowest BCUT2D eigenvalue weighted by atomic mass is 9.84. The molecule has 0 spiro atoms. The predicted molar refractivity (Wildman–Crippen MR) is 131 cm³/mol. The van der Waals surface area contributed by atoms with Gasteiger partial charge in [0.25, 0.3) is 5.91 Å². The van der Waals surface area contributed by atoms with Gasteiger partial charge in [-0.2, -0.15) is 18.3 Å². The first-order valence-corrected chi connectivity index (χ1v) is 13.0. The van der Waals surface area contributed by atoms with Gasteiger partial charge < -0.3 is 19.7 Å². The van der Waals surface area contributed by atoms with Crippen LogP contribution in [0, 0.1) is 5.92 Å². The number of amides is 1. The maximum atomic E-state index is 12.8. The Kier molecular flexibility index (Phi) is 8.94. The van der Waals surface area contributed by atoms with Gasteiger partial charge in [0.2, 0.25) is 5.88 Å². The number of aryl methyl sites for hydroxylation is 1. The molecule has 11 heteroatoms. The molecule has 1 amide bonds. The maximum absolute atomic E-state index is 12.8. The van der Waals surface area contributed by atoms with Gasteiger partial charge in [-0.15, -0.1) is 0 Å². The summed E-state index contributed by atoms with van der Waals surface area (Å²) in [6, 6.07) is 3.58. The predicted octanol–water partition coefficient (Wildman–Crippen LogP) is 3.69. The number of ether oxygens (including phenoxy) is 2. The van der Waals surface area contributed by atoms with Crippen molar-refractivity contribution >= 4 is 5.91 Å². The van der Waals surface area contributed by atoms with Crippen LogP contribution in [0.2, 0.25) is 0 Å². The fourth-order valence-electron chi connectivity index (χ4n) is 5.00. The number of pyridine rings is 1. The number of fused-ring (bicyclic) bond motifs is 1. The van der Waals surface area contributed by atoms with Crippen LogP contribution >= 0.6 is 0 Å². The largest absolute Gasteiger partial charge is 0.480 e. The van der Waals surface area contributed by atoms with Crippen LogP contribution in [0.3, 0.4) is 0 Å². The highest BCUT2D eigenvalue weighted by atomic mass is 19.4. The van der Waals surface area contributed by atoms with Crippen molar-refractivity contribution in [1.29, 1.82) is 0 Å². The second-order valence-corrected chi connectivity index (χ2v) is 10.1. The summed E-state index contributed by atoms with van der Waals surface area (Å²) in [6.45, 7) is 3.72. The van der Waals surface area contributed by atoms with Gasteiger partial charge in [0.05, 0.1) is 12.4 Å². The van der Waals surface area contributed by atoms with E-state index in [9.17, 15) is 18.0 Å². The Hall–Kier alpha value is -2.82. The van der Waals surface area contributed by atoms with Gasteiger partial charge in [-0.25, -0.2) is 4.98 Å². The topological polar surface area (TPSA) is 81.5 Å². The van der Waals surface area contributed by atoms with Crippen molar-refractivity contribution in [3.8, 4) is 11.6 Å². The number of hydrogen-bond acceptors (Lipinski definition) is 6. The molecule has 37 heavy (non-hydrogen) atoms. The SMILES string of the molecule is C[C@@H](Oc1ccc2c(n1)CCN(CCC1CCC(NC(=O)COc3cnn(C)c3)CC1)CC2)C(F)(F)F. The fourth-order valence-corrected chi connectivity index (χ4v) is 5.00. The van der Waals surface area contributed by atoms with Gasteiger partial charge in [-0.3, -0.25) is 9.48 Å². The van der Waals surface area contributed by atoms with Crippen LogP contribution in [0.25, 0.3) is 0 Å². The number of alkyl halides is 3. The van der Waals surface area contributed by atoms with Gasteiger partial charge in [-0.05, 0) is 63.5 Å². The van der Waals surface area contributed by atoms with Gasteiger partial charge in [0, 0.05) is 44.4 Å². The average molecular weight is 524 g/mol. The van der Waals surface area contributed by atoms with Crippen LogP contribution < -0.4 is 14.8 Å². The molecule has 1 saturated carbocycles. The number of rotatable bonds is 9. The average Bonchev–Trinajstić information content (AvgIpc) is 3.17. The molecule has 1 aliphatic carbocycles. The van der Waals surface area contributed by atoms with Crippen LogP contribution in [0.1, 0.15) is 50.3 Å². The van der Waals surface area contributed by atoms with Crippen molar-refractivity contribution in [3.63, 3.8) is 0 Å². The zero-order valence-corrected chi connectivity index (χ0v) is 21.5. The Balaban J connectivity index is 1.15. The first kappa shape index (κ1) is 27.2. The lowest BCUT2D eigenvalue weighted by molar-refractivity contribution is -0.190. The standard InChI is InChI=1S/C26H36F3N5O3/c1-18(26(27,28)29)37-25-8-5-20-10-13-34(14-11-23(20)32-25)12-9-19-3-6-21(7-4-19)31-24(35)17-36-22-15-30-33(2)16-22/h5,8,15-16,18-19,21H,3-4,6-7,9-14,17H2,1-2H3,(H,31,35)/t18-,19?,21?/m1/s1.